The van der Waals surface area contributed by atoms with Gasteiger partial charge in [-0.05, 0) is 25.6 Å². The van der Waals surface area contributed by atoms with Crippen LogP contribution in [0, 0.1) is 0 Å². The second-order valence-electron chi connectivity index (χ2n) is 2.97. The minimum Gasteiger partial charge on any atom is -0.487 e. The zero-order valence-corrected chi connectivity index (χ0v) is 9.58. The van der Waals surface area contributed by atoms with Crippen LogP contribution in [0.1, 0.15) is 52.4 Å². The van der Waals surface area contributed by atoms with Gasteiger partial charge in [0.25, 0.3) is 0 Å². The van der Waals surface area contributed by atoms with E-state index in [0.29, 0.717) is 6.61 Å². The summed E-state index contributed by atoms with van der Waals surface area (Å²) in [6.45, 7) is 4.92. The van der Waals surface area contributed by atoms with Gasteiger partial charge in [0.05, 0.1) is 6.61 Å². The summed E-state index contributed by atoms with van der Waals surface area (Å²) >= 11 is 5.01. The highest BCUT2D eigenvalue weighted by atomic mass is 32.1. The summed E-state index contributed by atoms with van der Waals surface area (Å²) in [5.41, 5.74) is 0. The fourth-order valence-corrected chi connectivity index (χ4v) is 1.37. The molecule has 0 amide bonds. The van der Waals surface area contributed by atoms with Crippen LogP contribution < -0.4 is 0 Å². The van der Waals surface area contributed by atoms with Crippen molar-refractivity contribution in [1.29, 1.82) is 0 Å². The molecule has 0 bridgehead atoms. The lowest BCUT2D eigenvalue weighted by Crippen LogP contribution is -2.00. The standard InChI is InChI=1S/C10H20OS.H2O/c1-3-5-6-7-8-9-10(12)11-4-2;/h3-9H2,1-2H3;1H2. The smallest absolute Gasteiger partial charge is 0.159 e. The largest absolute Gasteiger partial charge is 0.487 e. The van der Waals surface area contributed by atoms with E-state index in [1.54, 1.807) is 0 Å². The maximum absolute atomic E-state index is 5.18. The van der Waals surface area contributed by atoms with E-state index in [2.05, 4.69) is 6.92 Å². The summed E-state index contributed by atoms with van der Waals surface area (Å²) in [5.74, 6) is 0. The van der Waals surface area contributed by atoms with Crippen LogP contribution in [-0.2, 0) is 4.74 Å². The molecular weight excluding hydrogens is 184 g/mol. The number of hydrogen-bond acceptors (Lipinski definition) is 2. The second-order valence-corrected chi connectivity index (χ2v) is 3.42. The lowest BCUT2D eigenvalue weighted by atomic mass is 10.1. The first-order valence-corrected chi connectivity index (χ1v) is 5.37. The molecule has 0 atom stereocenters. The van der Waals surface area contributed by atoms with E-state index in [-0.39, 0.29) is 5.48 Å². The molecule has 0 unspecified atom stereocenters. The van der Waals surface area contributed by atoms with Crippen LogP contribution in [0.25, 0.3) is 0 Å². The molecule has 0 aromatic heterocycles. The molecule has 0 saturated carbocycles. The predicted molar refractivity (Wildman–Crippen MR) is 61.2 cm³/mol. The van der Waals surface area contributed by atoms with E-state index in [1.807, 2.05) is 6.92 Å². The number of hydrogen-bond donors (Lipinski definition) is 0. The van der Waals surface area contributed by atoms with Crippen LogP contribution in [0.2, 0.25) is 0 Å². The van der Waals surface area contributed by atoms with Gasteiger partial charge in [0.15, 0.2) is 5.05 Å². The Balaban J connectivity index is 0. The molecule has 0 saturated heterocycles. The molecule has 0 aliphatic carbocycles. The molecule has 0 aliphatic heterocycles. The van der Waals surface area contributed by atoms with Gasteiger partial charge in [-0.3, -0.25) is 0 Å². The summed E-state index contributed by atoms with van der Waals surface area (Å²) in [6, 6.07) is 0. The molecule has 2 N–H and O–H groups in total. The molecule has 0 aromatic carbocycles. The van der Waals surface area contributed by atoms with Gasteiger partial charge in [-0.25, -0.2) is 0 Å². The molecule has 0 aliphatic rings. The summed E-state index contributed by atoms with van der Waals surface area (Å²) in [7, 11) is 0. The van der Waals surface area contributed by atoms with Crippen molar-refractivity contribution in [2.45, 2.75) is 52.4 Å². The van der Waals surface area contributed by atoms with Crippen LogP contribution >= 0.6 is 12.2 Å². The highest BCUT2D eigenvalue weighted by Crippen LogP contribution is 2.06. The summed E-state index contributed by atoms with van der Waals surface area (Å²) in [6.07, 6.45) is 7.44. The van der Waals surface area contributed by atoms with E-state index in [9.17, 15) is 0 Å². The topological polar surface area (TPSA) is 40.7 Å². The van der Waals surface area contributed by atoms with E-state index in [4.69, 9.17) is 17.0 Å². The molecule has 0 heterocycles. The Morgan fingerprint density at radius 2 is 1.69 bits per heavy atom. The van der Waals surface area contributed by atoms with Gasteiger partial charge in [-0.15, -0.1) is 0 Å². The third-order valence-corrected chi connectivity index (χ3v) is 2.11. The highest BCUT2D eigenvalue weighted by molar-refractivity contribution is 7.80. The van der Waals surface area contributed by atoms with E-state index in [0.717, 1.165) is 11.5 Å². The molecule has 0 fully saturated rings. The summed E-state index contributed by atoms with van der Waals surface area (Å²) in [4.78, 5) is 0. The predicted octanol–water partition coefficient (Wildman–Crippen LogP) is 2.89. The van der Waals surface area contributed by atoms with Crippen molar-refractivity contribution in [3.63, 3.8) is 0 Å². The zero-order valence-electron chi connectivity index (χ0n) is 8.77. The Kier molecular flexibility index (Phi) is 14.0. The maximum atomic E-state index is 5.18. The first-order valence-electron chi connectivity index (χ1n) is 4.96. The number of rotatable bonds is 7. The van der Waals surface area contributed by atoms with Crippen molar-refractivity contribution in [2.75, 3.05) is 6.61 Å². The van der Waals surface area contributed by atoms with E-state index >= 15 is 0 Å². The molecule has 0 rings (SSSR count). The number of thiocarbonyl (C=S) groups is 1. The Labute approximate surface area is 87.0 Å². The lowest BCUT2D eigenvalue weighted by molar-refractivity contribution is 0.325. The Morgan fingerprint density at radius 3 is 2.23 bits per heavy atom. The average molecular weight is 206 g/mol. The monoisotopic (exact) mass is 206 g/mol. The Morgan fingerprint density at radius 1 is 1.08 bits per heavy atom. The van der Waals surface area contributed by atoms with E-state index in [1.165, 1.54) is 32.1 Å². The van der Waals surface area contributed by atoms with Crippen molar-refractivity contribution >= 4 is 17.3 Å². The number of unbranched alkanes of at least 4 members (excludes halogenated alkanes) is 4. The van der Waals surface area contributed by atoms with Crippen molar-refractivity contribution in [3.05, 3.63) is 0 Å². The molecule has 0 radical (unpaired) electrons. The molecule has 2 nitrogen and oxygen atoms in total. The molecular formula is C10H22O2S. The molecule has 0 spiro atoms. The fraction of sp³-hybridized carbons (Fsp3) is 0.900. The summed E-state index contributed by atoms with van der Waals surface area (Å²) in [5, 5.41) is 0.786. The Bertz CT molecular complexity index is 115. The third kappa shape index (κ3) is 11.9. The van der Waals surface area contributed by atoms with Gasteiger partial charge < -0.3 is 10.2 Å². The molecule has 13 heavy (non-hydrogen) atoms. The van der Waals surface area contributed by atoms with Crippen LogP contribution in [0.3, 0.4) is 0 Å². The van der Waals surface area contributed by atoms with Gasteiger partial charge in [-0.2, -0.15) is 0 Å². The van der Waals surface area contributed by atoms with Crippen molar-refractivity contribution < 1.29 is 10.2 Å². The first kappa shape index (κ1) is 15.3. The van der Waals surface area contributed by atoms with Gasteiger partial charge in [0.2, 0.25) is 0 Å². The van der Waals surface area contributed by atoms with E-state index < -0.39 is 0 Å². The zero-order chi connectivity index (χ0) is 9.23. The quantitative estimate of drug-likeness (QED) is 0.474. The van der Waals surface area contributed by atoms with Crippen LogP contribution in [0.15, 0.2) is 0 Å². The normalized spacial score (nSPS) is 9.08. The average Bonchev–Trinajstić information content (AvgIpc) is 2.05. The van der Waals surface area contributed by atoms with Crippen LogP contribution in [-0.4, -0.2) is 17.1 Å². The first-order chi connectivity index (χ1) is 5.81. The number of ether oxygens (including phenoxy) is 1. The highest BCUT2D eigenvalue weighted by Gasteiger charge is 1.95. The minimum absolute atomic E-state index is 0. The minimum atomic E-state index is 0. The van der Waals surface area contributed by atoms with Crippen molar-refractivity contribution in [1.82, 2.24) is 0 Å². The molecule has 3 heteroatoms. The summed E-state index contributed by atoms with van der Waals surface area (Å²) < 4.78 is 5.18. The fourth-order valence-electron chi connectivity index (χ4n) is 1.11. The lowest BCUT2D eigenvalue weighted by Gasteiger charge is -2.03. The van der Waals surface area contributed by atoms with Gasteiger partial charge >= 0.3 is 0 Å². The van der Waals surface area contributed by atoms with Crippen LogP contribution in [0.5, 0.6) is 0 Å². The SMILES string of the molecule is CCCCCCCC(=S)OCC.O. The maximum Gasteiger partial charge on any atom is 0.159 e. The third-order valence-electron chi connectivity index (χ3n) is 1.79. The van der Waals surface area contributed by atoms with Gasteiger partial charge in [0, 0.05) is 6.42 Å². The van der Waals surface area contributed by atoms with Crippen molar-refractivity contribution in [3.8, 4) is 0 Å². The van der Waals surface area contributed by atoms with Gasteiger partial charge in [-0.1, -0.05) is 32.6 Å². The Hall–Kier alpha value is -0.150. The molecule has 80 valence electrons. The van der Waals surface area contributed by atoms with Crippen molar-refractivity contribution in [2.24, 2.45) is 0 Å². The van der Waals surface area contributed by atoms with Crippen LogP contribution in [0.4, 0.5) is 0 Å². The van der Waals surface area contributed by atoms with Gasteiger partial charge in [0.1, 0.15) is 0 Å². The second kappa shape index (κ2) is 11.8. The molecule has 0 aromatic rings.